The smallest absolute Gasteiger partial charge is 0.211 e. The molecule has 0 bridgehead atoms. The minimum absolute atomic E-state index is 1.00. The van der Waals surface area contributed by atoms with Crippen LogP contribution in [0.1, 0.15) is 127 Å². The zero-order chi connectivity index (χ0) is 25.8. The molecular weight excluding hydrogens is 436 g/mol. The number of hydrogen-bond donors (Lipinski definition) is 0. The van der Waals surface area contributed by atoms with Crippen LogP contribution in [0.3, 0.4) is 0 Å². The maximum atomic E-state index is 11.8. The van der Waals surface area contributed by atoms with Crippen molar-refractivity contribution in [3.05, 3.63) is 87.5 Å². The van der Waals surface area contributed by atoms with Crippen molar-refractivity contribution < 1.29 is 4.70 Å². The van der Waals surface area contributed by atoms with Gasteiger partial charge in [0, 0.05) is 22.3 Å². The summed E-state index contributed by atoms with van der Waals surface area (Å²) in [6.07, 6.45) is 16.3. The zero-order valence-corrected chi connectivity index (χ0v) is 23.4. The molecule has 2 heteroatoms. The van der Waals surface area contributed by atoms with Crippen molar-refractivity contribution in [1.82, 2.24) is 0 Å². The maximum absolute atomic E-state index is 11.8. The lowest BCUT2D eigenvalue weighted by Gasteiger charge is -2.11. The quantitative estimate of drug-likeness (QED) is 0.167. The molecule has 0 unspecified atom stereocenters. The molecule has 0 fully saturated rings. The standard InChI is InChI=1S/C34H48N2/c1-5-9-13-14-21-32-31(20-12-8-4)33(29-24-22-27(23-25-29)16-10-6-2)36(35)34(32)30-19-15-18-28(26-30)17-11-7-3/h15,18-19,22-26H,5-14,16-17,20-21H2,1-4H3. The number of nitrogens with zero attached hydrogens (tertiary/aromatic N) is 2. The molecule has 2 nitrogen and oxygen atoms in total. The lowest BCUT2D eigenvalue weighted by Crippen LogP contribution is -2.03. The van der Waals surface area contributed by atoms with E-state index in [2.05, 4.69) is 76.2 Å². The maximum Gasteiger partial charge on any atom is 0.211 e. The van der Waals surface area contributed by atoms with Crippen molar-refractivity contribution in [2.24, 2.45) is 0 Å². The Morgan fingerprint density at radius 2 is 1.08 bits per heavy atom. The molecule has 0 aliphatic carbocycles. The molecule has 0 spiro atoms. The van der Waals surface area contributed by atoms with Gasteiger partial charge in [-0.25, -0.2) is 4.70 Å². The molecule has 2 aromatic rings. The summed E-state index contributed by atoms with van der Waals surface area (Å²) in [6.45, 7) is 9.02. The number of rotatable bonds is 16. The lowest BCUT2D eigenvalue weighted by atomic mass is 9.91. The van der Waals surface area contributed by atoms with E-state index in [-0.39, 0.29) is 0 Å². The van der Waals surface area contributed by atoms with Gasteiger partial charge in [-0.1, -0.05) is 90.5 Å². The number of hydrogen-bond acceptors (Lipinski definition) is 0. The summed E-state index contributed by atoms with van der Waals surface area (Å²) in [5, 5.41) is 0. The zero-order valence-electron chi connectivity index (χ0n) is 23.4. The van der Waals surface area contributed by atoms with Gasteiger partial charge in [0.05, 0.1) is 0 Å². The topological polar surface area (TPSA) is 25.3 Å². The Balaban J connectivity index is 2.05. The summed E-state index contributed by atoms with van der Waals surface area (Å²) < 4.78 is 1.54. The summed E-state index contributed by atoms with van der Waals surface area (Å²) in [4.78, 5) is 0. The number of allylic oxidation sites excluding steroid dienone is 2. The first-order valence-electron chi connectivity index (χ1n) is 14.8. The molecule has 1 heterocycles. The molecule has 0 saturated heterocycles. The first kappa shape index (κ1) is 28.1. The molecule has 0 N–H and O–H groups in total. The van der Waals surface area contributed by atoms with E-state index in [1.807, 2.05) is 0 Å². The largest absolute Gasteiger partial charge is 0.493 e. The second-order valence-electron chi connectivity index (χ2n) is 10.5. The molecule has 0 amide bonds. The average molecular weight is 485 g/mol. The summed E-state index contributed by atoms with van der Waals surface area (Å²) in [5.41, 5.74) is 21.6. The van der Waals surface area contributed by atoms with E-state index in [1.54, 1.807) is 4.70 Å². The third-order valence-corrected chi connectivity index (χ3v) is 7.49. The Kier molecular flexibility index (Phi) is 11.7. The van der Waals surface area contributed by atoms with Gasteiger partial charge in [-0.05, 0) is 86.8 Å². The molecule has 0 atom stereocenters. The van der Waals surface area contributed by atoms with E-state index in [0.717, 1.165) is 61.0 Å². The fourth-order valence-corrected chi connectivity index (χ4v) is 5.33. The van der Waals surface area contributed by atoms with E-state index in [9.17, 15) is 5.53 Å². The highest BCUT2D eigenvalue weighted by Crippen LogP contribution is 2.44. The second kappa shape index (κ2) is 14.9. The summed E-state index contributed by atoms with van der Waals surface area (Å²) in [7, 11) is 0. The third kappa shape index (κ3) is 7.28. The van der Waals surface area contributed by atoms with Crippen molar-refractivity contribution in [1.29, 1.82) is 0 Å². The van der Waals surface area contributed by atoms with E-state index in [4.69, 9.17) is 0 Å². The summed E-state index contributed by atoms with van der Waals surface area (Å²) >= 11 is 0. The van der Waals surface area contributed by atoms with Gasteiger partial charge in [0.25, 0.3) is 0 Å². The Morgan fingerprint density at radius 1 is 0.528 bits per heavy atom. The normalized spacial score (nSPS) is 13.8. The molecule has 2 aromatic carbocycles. The van der Waals surface area contributed by atoms with Crippen molar-refractivity contribution >= 4 is 11.4 Å². The lowest BCUT2D eigenvalue weighted by molar-refractivity contribution is -0.345. The van der Waals surface area contributed by atoms with Gasteiger partial charge in [0.15, 0.2) is 0 Å². The predicted octanol–water partition coefficient (Wildman–Crippen LogP) is 10.7. The van der Waals surface area contributed by atoms with Crippen LogP contribution in [0.2, 0.25) is 0 Å². The van der Waals surface area contributed by atoms with Gasteiger partial charge in [0.2, 0.25) is 11.4 Å². The van der Waals surface area contributed by atoms with Crippen LogP contribution in [-0.2, 0) is 12.8 Å². The molecule has 3 rings (SSSR count). The van der Waals surface area contributed by atoms with E-state index < -0.39 is 0 Å². The van der Waals surface area contributed by atoms with Crippen LogP contribution in [0.25, 0.3) is 16.9 Å². The van der Waals surface area contributed by atoms with Crippen molar-refractivity contribution in [2.45, 2.75) is 118 Å². The van der Waals surface area contributed by atoms with Crippen molar-refractivity contribution in [3.63, 3.8) is 0 Å². The van der Waals surface area contributed by atoms with Crippen LogP contribution in [0.5, 0.6) is 0 Å². The number of unbranched alkanes of at least 4 members (excludes halogenated alkanes) is 6. The molecular formula is C34H48N2. The SMILES string of the molecule is CCCCCCC1=C(c2cccc(CCCC)c2)[N+](=[N-])C(c2ccc(CCCC)cc2)=C1CCCC. The van der Waals surface area contributed by atoms with E-state index >= 15 is 0 Å². The number of aryl methyl sites for hydroxylation is 2. The summed E-state index contributed by atoms with van der Waals surface area (Å²) in [5.74, 6) is 0. The number of benzene rings is 2. The summed E-state index contributed by atoms with van der Waals surface area (Å²) in [6, 6.07) is 17.9. The molecule has 0 radical (unpaired) electrons. The monoisotopic (exact) mass is 484 g/mol. The van der Waals surface area contributed by atoms with Gasteiger partial charge in [0.1, 0.15) is 0 Å². The van der Waals surface area contributed by atoms with Crippen LogP contribution in [-0.4, -0.2) is 4.70 Å². The first-order chi connectivity index (χ1) is 17.6. The van der Waals surface area contributed by atoms with Crippen molar-refractivity contribution in [3.8, 4) is 0 Å². The average Bonchev–Trinajstić information content (AvgIpc) is 3.18. The van der Waals surface area contributed by atoms with Gasteiger partial charge in [-0.2, -0.15) is 0 Å². The molecule has 0 aromatic heterocycles. The first-order valence-corrected chi connectivity index (χ1v) is 14.8. The second-order valence-corrected chi connectivity index (χ2v) is 10.5. The minimum Gasteiger partial charge on any atom is -0.493 e. The highest BCUT2D eigenvalue weighted by Gasteiger charge is 2.35. The Morgan fingerprint density at radius 3 is 1.72 bits per heavy atom. The fourth-order valence-electron chi connectivity index (χ4n) is 5.33. The van der Waals surface area contributed by atoms with Crippen LogP contribution < -0.4 is 0 Å². The van der Waals surface area contributed by atoms with Crippen LogP contribution in [0.15, 0.2) is 59.7 Å². The van der Waals surface area contributed by atoms with Gasteiger partial charge < -0.3 is 5.53 Å². The van der Waals surface area contributed by atoms with Crippen LogP contribution in [0, 0.1) is 0 Å². The van der Waals surface area contributed by atoms with Crippen LogP contribution in [0.4, 0.5) is 0 Å². The van der Waals surface area contributed by atoms with Gasteiger partial charge in [-0.3, -0.25) is 0 Å². The van der Waals surface area contributed by atoms with E-state index in [0.29, 0.717) is 0 Å². The highest BCUT2D eigenvalue weighted by molar-refractivity contribution is 5.82. The highest BCUT2D eigenvalue weighted by atomic mass is 15.2. The molecule has 36 heavy (non-hydrogen) atoms. The minimum atomic E-state index is 1.00. The molecule has 1 aliphatic heterocycles. The Labute approximate surface area is 221 Å². The molecule has 194 valence electrons. The molecule has 1 aliphatic rings. The third-order valence-electron chi connectivity index (χ3n) is 7.49. The molecule has 0 saturated carbocycles. The van der Waals surface area contributed by atoms with Gasteiger partial charge in [-0.15, -0.1) is 0 Å². The van der Waals surface area contributed by atoms with Gasteiger partial charge >= 0.3 is 0 Å². The van der Waals surface area contributed by atoms with E-state index in [1.165, 1.54) is 73.6 Å². The van der Waals surface area contributed by atoms with Crippen LogP contribution >= 0.6 is 0 Å². The Bertz CT molecular complexity index is 1040. The fraction of sp³-hybridized carbons (Fsp3) is 0.529. The Hall–Kier alpha value is -2.48. The van der Waals surface area contributed by atoms with Crippen molar-refractivity contribution in [2.75, 3.05) is 0 Å². The predicted molar refractivity (Wildman–Crippen MR) is 156 cm³/mol.